The minimum Gasteiger partial charge on any atom is -0.481 e. The van der Waals surface area contributed by atoms with Crippen LogP contribution in [0.4, 0.5) is 10.2 Å². The molecule has 0 atom stereocenters. The number of nitrogens with zero attached hydrogens (tertiary/aromatic N) is 2. The Kier molecular flexibility index (Phi) is 4.28. The smallest absolute Gasteiger partial charge is 0.221 e. The third-order valence-electron chi connectivity index (χ3n) is 2.83. The summed E-state index contributed by atoms with van der Waals surface area (Å²) >= 11 is 0. The van der Waals surface area contributed by atoms with Gasteiger partial charge in [0.25, 0.3) is 0 Å². The molecule has 0 saturated heterocycles. The van der Waals surface area contributed by atoms with Crippen molar-refractivity contribution in [2.75, 3.05) is 19.0 Å². The van der Waals surface area contributed by atoms with Gasteiger partial charge in [-0.05, 0) is 31.0 Å². The van der Waals surface area contributed by atoms with Crippen molar-refractivity contribution in [2.45, 2.75) is 13.3 Å². The molecule has 0 aliphatic heterocycles. The van der Waals surface area contributed by atoms with Gasteiger partial charge in [-0.25, -0.2) is 14.4 Å². The predicted octanol–water partition coefficient (Wildman–Crippen LogP) is 2.59. The lowest BCUT2D eigenvalue weighted by molar-refractivity contribution is 0.393. The number of benzene rings is 1. The van der Waals surface area contributed by atoms with Crippen LogP contribution in [0.3, 0.4) is 0 Å². The van der Waals surface area contributed by atoms with Gasteiger partial charge < -0.3 is 10.1 Å². The fourth-order valence-corrected chi connectivity index (χ4v) is 1.84. The first-order chi connectivity index (χ1) is 9.20. The maximum atomic E-state index is 13.0. The van der Waals surface area contributed by atoms with Gasteiger partial charge >= 0.3 is 0 Å². The Hall–Kier alpha value is -2.17. The maximum Gasteiger partial charge on any atom is 0.221 e. The zero-order valence-electron chi connectivity index (χ0n) is 11.0. The Balaban J connectivity index is 1.96. The third kappa shape index (κ3) is 3.40. The first-order valence-corrected chi connectivity index (χ1v) is 6.04. The van der Waals surface area contributed by atoms with Gasteiger partial charge in [0.2, 0.25) is 5.88 Å². The zero-order chi connectivity index (χ0) is 13.7. The van der Waals surface area contributed by atoms with Crippen LogP contribution in [0.2, 0.25) is 0 Å². The van der Waals surface area contributed by atoms with E-state index in [9.17, 15) is 4.39 Å². The number of halogens is 1. The van der Waals surface area contributed by atoms with Crippen LogP contribution in [0.5, 0.6) is 5.88 Å². The van der Waals surface area contributed by atoms with Crippen molar-refractivity contribution in [3.05, 3.63) is 47.5 Å². The Morgan fingerprint density at radius 1 is 1.32 bits per heavy atom. The molecule has 0 saturated carbocycles. The van der Waals surface area contributed by atoms with Crippen LogP contribution in [-0.2, 0) is 6.42 Å². The second-order valence-corrected chi connectivity index (χ2v) is 4.16. The molecule has 2 aromatic rings. The minimum absolute atomic E-state index is 0.211. The maximum absolute atomic E-state index is 13.0. The number of ether oxygens (including phenoxy) is 1. The number of rotatable bonds is 5. The molecular weight excluding hydrogens is 245 g/mol. The molecule has 19 heavy (non-hydrogen) atoms. The van der Waals surface area contributed by atoms with E-state index in [1.165, 1.54) is 18.5 Å². The summed E-state index contributed by atoms with van der Waals surface area (Å²) in [5.74, 6) is 1.09. The van der Waals surface area contributed by atoms with E-state index in [4.69, 9.17) is 4.74 Å². The van der Waals surface area contributed by atoms with E-state index in [-0.39, 0.29) is 5.82 Å². The van der Waals surface area contributed by atoms with Crippen LogP contribution in [0, 0.1) is 12.7 Å². The number of methoxy groups -OCH3 is 1. The normalized spacial score (nSPS) is 10.3. The Morgan fingerprint density at radius 3 is 2.89 bits per heavy atom. The highest BCUT2D eigenvalue weighted by molar-refractivity contribution is 5.47. The highest BCUT2D eigenvalue weighted by atomic mass is 19.1. The lowest BCUT2D eigenvalue weighted by Crippen LogP contribution is -2.09. The number of nitrogens with one attached hydrogen (secondary N) is 1. The summed E-state index contributed by atoms with van der Waals surface area (Å²) in [5.41, 5.74) is 1.82. The van der Waals surface area contributed by atoms with E-state index in [1.54, 1.807) is 13.2 Å². The molecule has 0 unspecified atom stereocenters. The van der Waals surface area contributed by atoms with E-state index < -0.39 is 0 Å². The Bertz CT molecular complexity index is 560. The molecule has 0 aliphatic rings. The average molecular weight is 261 g/mol. The molecule has 0 amide bonds. The average Bonchev–Trinajstić information content (AvgIpc) is 2.41. The van der Waals surface area contributed by atoms with Gasteiger partial charge in [0, 0.05) is 6.54 Å². The molecule has 1 N–H and O–H groups in total. The summed E-state index contributed by atoms with van der Waals surface area (Å²) in [7, 11) is 1.58. The first kappa shape index (κ1) is 13.3. The van der Waals surface area contributed by atoms with Crippen LogP contribution in [0.1, 0.15) is 11.1 Å². The first-order valence-electron chi connectivity index (χ1n) is 6.04. The number of hydrogen-bond acceptors (Lipinski definition) is 4. The summed E-state index contributed by atoms with van der Waals surface area (Å²) in [5, 5.41) is 3.20. The van der Waals surface area contributed by atoms with E-state index in [1.807, 2.05) is 13.0 Å². The van der Waals surface area contributed by atoms with Crippen LogP contribution < -0.4 is 10.1 Å². The van der Waals surface area contributed by atoms with Crippen molar-refractivity contribution in [1.29, 1.82) is 0 Å². The SMILES string of the molecule is COc1ncnc(NCCc2cccc(F)c2)c1C. The second kappa shape index (κ2) is 6.13. The predicted molar refractivity (Wildman–Crippen MR) is 71.9 cm³/mol. The number of aromatic nitrogens is 2. The van der Waals surface area contributed by atoms with Gasteiger partial charge in [0.15, 0.2) is 0 Å². The van der Waals surface area contributed by atoms with E-state index in [2.05, 4.69) is 15.3 Å². The summed E-state index contributed by atoms with van der Waals surface area (Å²) in [4.78, 5) is 8.17. The number of hydrogen-bond donors (Lipinski definition) is 1. The highest BCUT2D eigenvalue weighted by Gasteiger charge is 2.06. The summed E-state index contributed by atoms with van der Waals surface area (Å²) in [6.07, 6.45) is 2.18. The fourth-order valence-electron chi connectivity index (χ4n) is 1.84. The molecule has 0 spiro atoms. The Labute approximate surface area is 111 Å². The summed E-state index contributed by atoms with van der Waals surface area (Å²) in [6.45, 7) is 2.56. The lowest BCUT2D eigenvalue weighted by atomic mass is 10.1. The molecular formula is C14H16FN3O. The van der Waals surface area contributed by atoms with Gasteiger partial charge in [-0.1, -0.05) is 12.1 Å². The summed E-state index contributed by atoms with van der Waals surface area (Å²) in [6, 6.07) is 6.59. The van der Waals surface area contributed by atoms with Crippen LogP contribution in [-0.4, -0.2) is 23.6 Å². The van der Waals surface area contributed by atoms with Crippen molar-refractivity contribution in [1.82, 2.24) is 9.97 Å². The van der Waals surface area contributed by atoms with Gasteiger partial charge in [0.1, 0.15) is 18.0 Å². The Morgan fingerprint density at radius 2 is 2.16 bits per heavy atom. The van der Waals surface area contributed by atoms with Crippen molar-refractivity contribution >= 4 is 5.82 Å². The molecule has 5 heteroatoms. The zero-order valence-corrected chi connectivity index (χ0v) is 11.0. The second-order valence-electron chi connectivity index (χ2n) is 4.16. The third-order valence-corrected chi connectivity index (χ3v) is 2.83. The molecule has 100 valence electrons. The van der Waals surface area contributed by atoms with E-state index in [0.717, 1.165) is 23.4 Å². The summed E-state index contributed by atoms with van der Waals surface area (Å²) < 4.78 is 18.1. The van der Waals surface area contributed by atoms with Gasteiger partial charge in [-0.3, -0.25) is 0 Å². The largest absolute Gasteiger partial charge is 0.481 e. The molecule has 4 nitrogen and oxygen atoms in total. The molecule has 0 aliphatic carbocycles. The molecule has 1 aromatic heterocycles. The topological polar surface area (TPSA) is 47.0 Å². The van der Waals surface area contributed by atoms with Gasteiger partial charge in [-0.15, -0.1) is 0 Å². The van der Waals surface area contributed by atoms with Crippen molar-refractivity contribution in [3.63, 3.8) is 0 Å². The van der Waals surface area contributed by atoms with Crippen LogP contribution in [0.15, 0.2) is 30.6 Å². The monoisotopic (exact) mass is 261 g/mol. The highest BCUT2D eigenvalue weighted by Crippen LogP contribution is 2.19. The molecule has 1 aromatic carbocycles. The van der Waals surface area contributed by atoms with Crippen LogP contribution in [0.25, 0.3) is 0 Å². The van der Waals surface area contributed by atoms with Gasteiger partial charge in [0.05, 0.1) is 12.7 Å². The van der Waals surface area contributed by atoms with Crippen molar-refractivity contribution < 1.29 is 9.13 Å². The van der Waals surface area contributed by atoms with Crippen molar-refractivity contribution in [3.8, 4) is 5.88 Å². The standard InChI is InChI=1S/C14H16FN3O/c1-10-13(17-9-18-14(10)19-2)16-7-6-11-4-3-5-12(15)8-11/h3-5,8-9H,6-7H2,1-2H3,(H,16,17,18). The molecule has 1 heterocycles. The van der Waals surface area contributed by atoms with E-state index in [0.29, 0.717) is 12.4 Å². The van der Waals surface area contributed by atoms with Crippen LogP contribution >= 0.6 is 0 Å². The van der Waals surface area contributed by atoms with E-state index >= 15 is 0 Å². The fraction of sp³-hybridized carbons (Fsp3) is 0.286. The van der Waals surface area contributed by atoms with Crippen molar-refractivity contribution in [2.24, 2.45) is 0 Å². The molecule has 0 fully saturated rings. The lowest BCUT2D eigenvalue weighted by Gasteiger charge is -2.10. The molecule has 0 radical (unpaired) electrons. The van der Waals surface area contributed by atoms with Gasteiger partial charge in [-0.2, -0.15) is 0 Å². The number of anilines is 1. The quantitative estimate of drug-likeness (QED) is 0.898. The minimum atomic E-state index is -0.211. The molecule has 0 bridgehead atoms. The molecule has 2 rings (SSSR count).